The molecule has 0 atom stereocenters. The summed E-state index contributed by atoms with van der Waals surface area (Å²) < 4.78 is 2.06. The molecule has 2 aromatic heterocycles. The number of fused-ring (bicyclic) bond motifs is 1. The highest BCUT2D eigenvalue weighted by Crippen LogP contribution is 2.32. The second kappa shape index (κ2) is 7.21. The first-order valence-corrected chi connectivity index (χ1v) is 9.52. The van der Waals surface area contributed by atoms with Crippen molar-refractivity contribution in [2.75, 3.05) is 0 Å². The Balaban J connectivity index is 1.78. The summed E-state index contributed by atoms with van der Waals surface area (Å²) in [5.41, 5.74) is 7.56. The minimum Gasteiger partial charge on any atom is -0.305 e. The maximum absolute atomic E-state index is 11.5. The van der Waals surface area contributed by atoms with Crippen molar-refractivity contribution in [1.29, 1.82) is 0 Å². The molecule has 0 bridgehead atoms. The van der Waals surface area contributed by atoms with Crippen molar-refractivity contribution < 1.29 is 4.79 Å². The molecule has 0 saturated carbocycles. The van der Waals surface area contributed by atoms with E-state index in [0.29, 0.717) is 5.56 Å². The number of nitrogens with zero attached hydrogens (tertiary/aromatic N) is 2. The zero-order valence-corrected chi connectivity index (χ0v) is 15.7. The number of carbonyl (C=O) groups excluding carboxylic acids is 1. The Kier molecular flexibility index (Phi) is 4.26. The van der Waals surface area contributed by atoms with Crippen LogP contribution in [0, 0.1) is 0 Å². The molecule has 3 aromatic carbocycles. The van der Waals surface area contributed by atoms with Crippen LogP contribution in [0.15, 0.2) is 103 Å². The number of pyridine rings is 1. The summed E-state index contributed by atoms with van der Waals surface area (Å²) in [6.07, 6.45) is 4.97. The third-order valence-electron chi connectivity index (χ3n) is 5.11. The van der Waals surface area contributed by atoms with Crippen molar-refractivity contribution in [2.24, 2.45) is 0 Å². The van der Waals surface area contributed by atoms with Gasteiger partial charge in [0.2, 0.25) is 0 Å². The first kappa shape index (κ1) is 17.1. The molecule has 0 amide bonds. The number of aromatic nitrogens is 2. The smallest absolute Gasteiger partial charge is 0.150 e. The van der Waals surface area contributed by atoms with Crippen molar-refractivity contribution in [1.82, 2.24) is 9.38 Å². The van der Waals surface area contributed by atoms with Gasteiger partial charge in [0, 0.05) is 29.1 Å². The second-order valence-electron chi connectivity index (χ2n) is 6.94. The highest BCUT2D eigenvalue weighted by atomic mass is 16.1. The first-order valence-electron chi connectivity index (χ1n) is 9.52. The molecular formula is C26H18N2O. The zero-order chi connectivity index (χ0) is 19.6. The first-order chi connectivity index (χ1) is 14.3. The fraction of sp³-hybridized carbons (Fsp3) is 0. The van der Waals surface area contributed by atoms with Crippen LogP contribution in [0.2, 0.25) is 0 Å². The minimum absolute atomic E-state index is 0.639. The molecule has 0 aliphatic carbocycles. The van der Waals surface area contributed by atoms with Gasteiger partial charge in [0.15, 0.2) is 6.29 Å². The van der Waals surface area contributed by atoms with E-state index in [1.165, 1.54) is 0 Å². The van der Waals surface area contributed by atoms with E-state index in [2.05, 4.69) is 40.9 Å². The van der Waals surface area contributed by atoms with Gasteiger partial charge in [-0.15, -0.1) is 0 Å². The Labute approximate surface area is 168 Å². The van der Waals surface area contributed by atoms with Gasteiger partial charge in [-0.3, -0.25) is 4.79 Å². The van der Waals surface area contributed by atoms with Crippen LogP contribution in [0.1, 0.15) is 10.4 Å². The largest absolute Gasteiger partial charge is 0.305 e. The van der Waals surface area contributed by atoms with Gasteiger partial charge in [-0.2, -0.15) is 0 Å². The summed E-state index contributed by atoms with van der Waals surface area (Å²) in [5, 5.41) is 0. The summed E-state index contributed by atoms with van der Waals surface area (Å²) in [5.74, 6) is 0. The summed E-state index contributed by atoms with van der Waals surface area (Å²) >= 11 is 0. The molecule has 3 nitrogen and oxygen atoms in total. The Morgan fingerprint density at radius 2 is 1.31 bits per heavy atom. The average molecular weight is 374 g/mol. The molecule has 5 rings (SSSR count). The van der Waals surface area contributed by atoms with Gasteiger partial charge < -0.3 is 4.40 Å². The number of benzene rings is 3. The molecule has 0 aliphatic rings. The van der Waals surface area contributed by atoms with E-state index in [-0.39, 0.29) is 0 Å². The molecule has 138 valence electrons. The molecule has 0 spiro atoms. The summed E-state index contributed by atoms with van der Waals surface area (Å²) in [7, 11) is 0. The van der Waals surface area contributed by atoms with E-state index in [9.17, 15) is 4.79 Å². The van der Waals surface area contributed by atoms with Crippen molar-refractivity contribution in [2.45, 2.75) is 0 Å². The second-order valence-corrected chi connectivity index (χ2v) is 6.94. The predicted molar refractivity (Wildman–Crippen MR) is 117 cm³/mol. The standard InChI is InChI=1S/C26H18N2O/c29-18-21-13-7-8-14-23(21)25-17-28-16-22(19-9-3-1-4-10-19)15-24(26(28)27-25)20-11-5-2-6-12-20/h1-18H. The molecule has 0 saturated heterocycles. The van der Waals surface area contributed by atoms with Crippen LogP contribution in [0.4, 0.5) is 0 Å². The number of imidazole rings is 1. The van der Waals surface area contributed by atoms with Gasteiger partial charge in [0.05, 0.1) is 5.69 Å². The molecule has 3 heteroatoms. The van der Waals surface area contributed by atoms with Gasteiger partial charge in [-0.25, -0.2) is 4.98 Å². The highest BCUT2D eigenvalue weighted by Gasteiger charge is 2.14. The van der Waals surface area contributed by atoms with Crippen LogP contribution in [0.25, 0.3) is 39.2 Å². The van der Waals surface area contributed by atoms with Crippen molar-refractivity contribution in [3.05, 3.63) is 109 Å². The van der Waals surface area contributed by atoms with Crippen molar-refractivity contribution in [3.63, 3.8) is 0 Å². The molecule has 5 aromatic rings. The van der Waals surface area contributed by atoms with Crippen molar-refractivity contribution in [3.8, 4) is 33.5 Å². The predicted octanol–water partition coefficient (Wildman–Crippen LogP) is 6.15. The topological polar surface area (TPSA) is 34.4 Å². The fourth-order valence-corrected chi connectivity index (χ4v) is 3.68. The van der Waals surface area contributed by atoms with Crippen LogP contribution in [-0.4, -0.2) is 15.7 Å². The van der Waals surface area contributed by atoms with E-state index in [1.807, 2.05) is 66.9 Å². The maximum Gasteiger partial charge on any atom is 0.150 e. The molecular weight excluding hydrogens is 356 g/mol. The Morgan fingerprint density at radius 3 is 2.03 bits per heavy atom. The fourth-order valence-electron chi connectivity index (χ4n) is 3.68. The van der Waals surface area contributed by atoms with E-state index >= 15 is 0 Å². The van der Waals surface area contributed by atoms with Gasteiger partial charge in [-0.1, -0.05) is 84.9 Å². The minimum atomic E-state index is 0.639. The van der Waals surface area contributed by atoms with E-state index < -0.39 is 0 Å². The SMILES string of the molecule is O=Cc1ccccc1-c1cn2cc(-c3ccccc3)cc(-c3ccccc3)c2n1. The number of aldehydes is 1. The van der Waals surface area contributed by atoms with E-state index in [4.69, 9.17) is 4.98 Å². The van der Waals surface area contributed by atoms with Crippen LogP contribution < -0.4 is 0 Å². The van der Waals surface area contributed by atoms with Crippen LogP contribution >= 0.6 is 0 Å². The average Bonchev–Trinajstić information content (AvgIpc) is 3.23. The van der Waals surface area contributed by atoms with E-state index in [0.717, 1.165) is 45.4 Å². The lowest BCUT2D eigenvalue weighted by Crippen LogP contribution is -1.91. The molecule has 0 radical (unpaired) electrons. The molecule has 0 aliphatic heterocycles. The number of rotatable bonds is 4. The lowest BCUT2D eigenvalue weighted by atomic mass is 10.0. The number of carbonyl (C=O) groups is 1. The van der Waals surface area contributed by atoms with E-state index in [1.54, 1.807) is 0 Å². The molecule has 0 unspecified atom stereocenters. The molecule has 2 heterocycles. The quantitative estimate of drug-likeness (QED) is 0.354. The summed E-state index contributed by atoms with van der Waals surface area (Å²) in [6, 6.07) is 30.3. The molecule has 0 fully saturated rings. The van der Waals surface area contributed by atoms with Gasteiger partial charge >= 0.3 is 0 Å². The lowest BCUT2D eigenvalue weighted by Gasteiger charge is -2.09. The Morgan fingerprint density at radius 1 is 0.655 bits per heavy atom. The third kappa shape index (κ3) is 3.13. The van der Waals surface area contributed by atoms with Crippen molar-refractivity contribution >= 4 is 11.9 Å². The Bertz CT molecular complexity index is 1300. The van der Waals surface area contributed by atoms with Gasteiger partial charge in [0.25, 0.3) is 0 Å². The monoisotopic (exact) mass is 374 g/mol. The van der Waals surface area contributed by atoms with Crippen LogP contribution in [-0.2, 0) is 0 Å². The highest BCUT2D eigenvalue weighted by molar-refractivity contribution is 5.89. The molecule has 29 heavy (non-hydrogen) atoms. The summed E-state index contributed by atoms with van der Waals surface area (Å²) in [4.78, 5) is 16.4. The van der Waals surface area contributed by atoms with Crippen LogP contribution in [0.3, 0.4) is 0 Å². The Hall–Kier alpha value is -3.98. The summed E-state index contributed by atoms with van der Waals surface area (Å²) in [6.45, 7) is 0. The number of hydrogen-bond acceptors (Lipinski definition) is 2. The third-order valence-corrected chi connectivity index (χ3v) is 5.11. The zero-order valence-electron chi connectivity index (χ0n) is 15.7. The normalized spacial score (nSPS) is 10.9. The number of hydrogen-bond donors (Lipinski definition) is 0. The lowest BCUT2D eigenvalue weighted by molar-refractivity contribution is 0.112. The van der Waals surface area contributed by atoms with Crippen LogP contribution in [0.5, 0.6) is 0 Å². The maximum atomic E-state index is 11.5. The van der Waals surface area contributed by atoms with Gasteiger partial charge in [-0.05, 0) is 22.8 Å². The van der Waals surface area contributed by atoms with Gasteiger partial charge in [0.1, 0.15) is 5.65 Å². The molecule has 0 N–H and O–H groups in total.